The van der Waals surface area contributed by atoms with Crippen molar-refractivity contribution in [1.82, 2.24) is 25.1 Å². The van der Waals surface area contributed by atoms with E-state index in [2.05, 4.69) is 20.6 Å². The van der Waals surface area contributed by atoms with Crippen LogP contribution in [0.5, 0.6) is 11.5 Å². The van der Waals surface area contributed by atoms with Gasteiger partial charge in [-0.3, -0.25) is 4.79 Å². The van der Waals surface area contributed by atoms with Crippen molar-refractivity contribution in [2.75, 3.05) is 31.2 Å². The van der Waals surface area contributed by atoms with Gasteiger partial charge in [-0.1, -0.05) is 6.07 Å². The van der Waals surface area contributed by atoms with Crippen LogP contribution in [0.2, 0.25) is 0 Å². The zero-order valence-corrected chi connectivity index (χ0v) is 21.2. The van der Waals surface area contributed by atoms with Gasteiger partial charge in [-0.05, 0) is 76.2 Å². The molecule has 1 saturated heterocycles. The molecule has 0 atom stereocenters. The minimum Gasteiger partial charge on any atom is -0.495 e. The van der Waals surface area contributed by atoms with Crippen LogP contribution in [0.1, 0.15) is 43.1 Å². The quantitative estimate of drug-likeness (QED) is 0.346. The molecule has 0 radical (unpaired) electrons. The van der Waals surface area contributed by atoms with Gasteiger partial charge in [0.25, 0.3) is 5.91 Å². The van der Waals surface area contributed by atoms with E-state index in [1.165, 1.54) is 6.33 Å². The van der Waals surface area contributed by atoms with Gasteiger partial charge in [0.05, 0.1) is 30.3 Å². The van der Waals surface area contributed by atoms with E-state index in [0.717, 1.165) is 37.1 Å². The van der Waals surface area contributed by atoms with Gasteiger partial charge in [-0.2, -0.15) is 5.10 Å². The van der Waals surface area contributed by atoms with Crippen LogP contribution in [0.3, 0.4) is 0 Å². The molecule has 0 aliphatic carbocycles. The van der Waals surface area contributed by atoms with Gasteiger partial charge in [0.2, 0.25) is 0 Å². The molecule has 2 aromatic heterocycles. The summed E-state index contributed by atoms with van der Waals surface area (Å²) in [5.41, 5.74) is 9.55. The first-order valence-corrected chi connectivity index (χ1v) is 12.4. The highest BCUT2D eigenvalue weighted by Crippen LogP contribution is 2.37. The molecule has 1 aliphatic rings. The van der Waals surface area contributed by atoms with E-state index in [4.69, 9.17) is 20.3 Å². The first-order chi connectivity index (χ1) is 17.9. The molecule has 1 fully saturated rings. The lowest BCUT2D eigenvalue weighted by atomic mass is 10.1. The number of carbonyl (C=O) groups excluding carboxylic acids is 1. The zero-order valence-electron chi connectivity index (χ0n) is 21.2. The molecule has 4 N–H and O–H groups in total. The van der Waals surface area contributed by atoms with Gasteiger partial charge in [0, 0.05) is 11.1 Å². The van der Waals surface area contributed by atoms with E-state index >= 15 is 0 Å². The van der Waals surface area contributed by atoms with Crippen LogP contribution in [0.25, 0.3) is 22.3 Å². The second-order valence-electron chi connectivity index (χ2n) is 9.29. The molecule has 2 aromatic carbocycles. The molecular formula is C27H31N7O3. The molecule has 3 heterocycles. The van der Waals surface area contributed by atoms with Crippen molar-refractivity contribution in [3.8, 4) is 22.8 Å². The maximum atomic E-state index is 12.9. The largest absolute Gasteiger partial charge is 0.495 e. The fourth-order valence-electron chi connectivity index (χ4n) is 4.60. The van der Waals surface area contributed by atoms with E-state index in [-0.39, 0.29) is 18.1 Å². The van der Waals surface area contributed by atoms with Crippen molar-refractivity contribution in [3.05, 3.63) is 54.4 Å². The van der Waals surface area contributed by atoms with Crippen molar-refractivity contribution in [2.45, 2.75) is 38.8 Å². The average molecular weight is 502 g/mol. The Balaban J connectivity index is 1.45. The molecule has 0 spiro atoms. The molecule has 10 heteroatoms. The normalized spacial score (nSPS) is 14.2. The summed E-state index contributed by atoms with van der Waals surface area (Å²) in [6.45, 7) is 5.77. The summed E-state index contributed by atoms with van der Waals surface area (Å²) in [6.07, 6.45) is 3.45. The number of ether oxygens (including phenoxy) is 2. The Bertz CT molecular complexity index is 1410. The molecule has 5 rings (SSSR count). The lowest BCUT2D eigenvalue weighted by molar-refractivity contribution is 0.102. The molecular weight excluding hydrogens is 470 g/mol. The Morgan fingerprint density at radius 3 is 2.59 bits per heavy atom. The van der Waals surface area contributed by atoms with Crippen molar-refractivity contribution in [3.63, 3.8) is 0 Å². The van der Waals surface area contributed by atoms with Crippen LogP contribution in [0, 0.1) is 0 Å². The van der Waals surface area contributed by atoms with Crippen LogP contribution in [0.4, 0.5) is 11.5 Å². The predicted octanol–water partition coefficient (Wildman–Crippen LogP) is 4.05. The minimum absolute atomic E-state index is 0.0626. The number of piperidine rings is 1. The number of amides is 1. The van der Waals surface area contributed by atoms with Gasteiger partial charge in [0.15, 0.2) is 5.65 Å². The summed E-state index contributed by atoms with van der Waals surface area (Å²) in [5.74, 6) is 1.35. The number of hydrogen-bond donors (Lipinski definition) is 3. The summed E-state index contributed by atoms with van der Waals surface area (Å²) in [6, 6.07) is 12.8. The minimum atomic E-state index is -0.250. The number of nitrogens with two attached hydrogens (primary N) is 1. The van der Waals surface area contributed by atoms with Crippen LogP contribution in [-0.2, 0) is 0 Å². The smallest absolute Gasteiger partial charge is 0.255 e. The highest BCUT2D eigenvalue weighted by atomic mass is 16.5. The first kappa shape index (κ1) is 24.5. The third-order valence-electron chi connectivity index (χ3n) is 6.38. The standard InChI is InChI=1S/C27H31N7O3/c1-16(2)37-20-7-4-17(5-8-20)27(35)32-21-9-6-18(14-22(21)36-3)24-23-25(28)30-15-31-26(23)34(33-24)19-10-12-29-13-11-19/h4-9,14-16,19,29H,10-13H2,1-3H3,(H,32,35)(H2,28,30,31). The Labute approximate surface area is 215 Å². The lowest BCUT2D eigenvalue weighted by Gasteiger charge is -2.23. The zero-order chi connectivity index (χ0) is 25.9. The number of nitrogens with zero attached hydrogens (tertiary/aromatic N) is 4. The van der Waals surface area contributed by atoms with Gasteiger partial charge >= 0.3 is 0 Å². The topological polar surface area (TPSA) is 129 Å². The maximum absolute atomic E-state index is 12.9. The van der Waals surface area contributed by atoms with Gasteiger partial charge in [0.1, 0.15) is 29.3 Å². The van der Waals surface area contributed by atoms with Crippen molar-refractivity contribution >= 4 is 28.4 Å². The van der Waals surface area contributed by atoms with E-state index in [9.17, 15) is 4.79 Å². The number of methoxy groups -OCH3 is 1. The van der Waals surface area contributed by atoms with Gasteiger partial charge < -0.3 is 25.8 Å². The third kappa shape index (κ3) is 5.05. The maximum Gasteiger partial charge on any atom is 0.255 e. The molecule has 192 valence electrons. The number of nitrogen functional groups attached to an aromatic ring is 1. The van der Waals surface area contributed by atoms with Crippen LogP contribution in [0.15, 0.2) is 48.8 Å². The van der Waals surface area contributed by atoms with Crippen LogP contribution in [-0.4, -0.2) is 52.0 Å². The lowest BCUT2D eigenvalue weighted by Crippen LogP contribution is -2.30. The number of hydrogen-bond acceptors (Lipinski definition) is 8. The fraction of sp³-hybridized carbons (Fsp3) is 0.333. The number of nitrogens with one attached hydrogen (secondary N) is 2. The summed E-state index contributed by atoms with van der Waals surface area (Å²) < 4.78 is 13.3. The Kier molecular flexibility index (Phi) is 6.91. The van der Waals surface area contributed by atoms with Crippen molar-refractivity contribution in [2.24, 2.45) is 0 Å². The number of carbonyl (C=O) groups is 1. The van der Waals surface area contributed by atoms with Crippen molar-refractivity contribution < 1.29 is 14.3 Å². The fourth-order valence-corrected chi connectivity index (χ4v) is 4.60. The second-order valence-corrected chi connectivity index (χ2v) is 9.29. The Morgan fingerprint density at radius 1 is 1.14 bits per heavy atom. The number of aromatic nitrogens is 4. The average Bonchev–Trinajstić information content (AvgIpc) is 3.30. The molecule has 0 saturated carbocycles. The van der Waals surface area contributed by atoms with Crippen LogP contribution >= 0.6 is 0 Å². The second kappa shape index (κ2) is 10.4. The molecule has 1 aliphatic heterocycles. The highest BCUT2D eigenvalue weighted by Gasteiger charge is 2.24. The third-order valence-corrected chi connectivity index (χ3v) is 6.38. The molecule has 0 bridgehead atoms. The number of benzene rings is 2. The van der Waals surface area contributed by atoms with E-state index in [1.807, 2.05) is 30.7 Å². The van der Waals surface area contributed by atoms with Gasteiger partial charge in [-0.25, -0.2) is 14.6 Å². The van der Waals surface area contributed by atoms with Crippen molar-refractivity contribution in [1.29, 1.82) is 0 Å². The summed E-state index contributed by atoms with van der Waals surface area (Å²) in [5, 5.41) is 12.0. The Hall–Kier alpha value is -4.18. The highest BCUT2D eigenvalue weighted by molar-refractivity contribution is 6.05. The molecule has 4 aromatic rings. The van der Waals surface area contributed by atoms with E-state index < -0.39 is 0 Å². The molecule has 0 unspecified atom stereocenters. The number of anilines is 2. The summed E-state index contributed by atoms with van der Waals surface area (Å²) >= 11 is 0. The monoisotopic (exact) mass is 501 g/mol. The molecule has 1 amide bonds. The van der Waals surface area contributed by atoms with Crippen LogP contribution < -0.4 is 25.8 Å². The first-order valence-electron chi connectivity index (χ1n) is 12.4. The summed E-state index contributed by atoms with van der Waals surface area (Å²) in [4.78, 5) is 21.6. The molecule has 37 heavy (non-hydrogen) atoms. The SMILES string of the molecule is COc1cc(-c2nn(C3CCNCC3)c3ncnc(N)c23)ccc1NC(=O)c1ccc(OC(C)C)cc1. The summed E-state index contributed by atoms with van der Waals surface area (Å²) in [7, 11) is 1.57. The number of rotatable bonds is 7. The number of fused-ring (bicyclic) bond motifs is 1. The van der Waals surface area contributed by atoms with E-state index in [1.54, 1.807) is 37.4 Å². The van der Waals surface area contributed by atoms with Gasteiger partial charge in [-0.15, -0.1) is 0 Å². The predicted molar refractivity (Wildman–Crippen MR) is 143 cm³/mol. The Morgan fingerprint density at radius 2 is 1.89 bits per heavy atom. The van der Waals surface area contributed by atoms with E-state index in [0.29, 0.717) is 39.6 Å². The molecule has 10 nitrogen and oxygen atoms in total.